The molecule has 0 bridgehead atoms. The number of carbonyl (C=O) groups excluding carboxylic acids is 2. The predicted molar refractivity (Wildman–Crippen MR) is 106 cm³/mol. The highest BCUT2D eigenvalue weighted by molar-refractivity contribution is 5.88. The van der Waals surface area contributed by atoms with Gasteiger partial charge in [-0.1, -0.05) is 91.0 Å². The van der Waals surface area contributed by atoms with Crippen LogP contribution < -0.4 is 11.1 Å². The van der Waals surface area contributed by atoms with Crippen molar-refractivity contribution in [1.29, 1.82) is 0 Å². The summed E-state index contributed by atoms with van der Waals surface area (Å²) in [6.45, 7) is 0. The number of hydrogen-bond acceptors (Lipinski definition) is 2. The molecule has 0 aromatic heterocycles. The zero-order valence-electron chi connectivity index (χ0n) is 14.9. The van der Waals surface area contributed by atoms with Crippen molar-refractivity contribution in [3.63, 3.8) is 0 Å². The third kappa shape index (κ3) is 4.82. The molecule has 0 aliphatic rings. The van der Waals surface area contributed by atoms with Gasteiger partial charge in [0, 0.05) is 12.3 Å². The van der Waals surface area contributed by atoms with Gasteiger partial charge in [-0.2, -0.15) is 0 Å². The monoisotopic (exact) mass is 358 g/mol. The van der Waals surface area contributed by atoms with Crippen LogP contribution in [0.1, 0.15) is 35.1 Å². The Bertz CT molecular complexity index is 841. The molecular weight excluding hydrogens is 336 g/mol. The number of hydrogen-bond donors (Lipinski definition) is 2. The fourth-order valence-corrected chi connectivity index (χ4v) is 3.17. The van der Waals surface area contributed by atoms with E-state index in [1.54, 1.807) is 12.1 Å². The lowest BCUT2D eigenvalue weighted by molar-refractivity contribution is -0.127. The first-order valence-electron chi connectivity index (χ1n) is 8.88. The highest BCUT2D eigenvalue weighted by atomic mass is 16.2. The average Bonchev–Trinajstić information content (AvgIpc) is 2.72. The van der Waals surface area contributed by atoms with Crippen LogP contribution in [0.3, 0.4) is 0 Å². The average molecular weight is 358 g/mol. The lowest BCUT2D eigenvalue weighted by atomic mass is 9.88. The number of benzene rings is 3. The Labute approximate surface area is 159 Å². The van der Waals surface area contributed by atoms with Crippen molar-refractivity contribution in [2.24, 2.45) is 5.73 Å². The van der Waals surface area contributed by atoms with Crippen LogP contribution in [0.15, 0.2) is 91.0 Å². The van der Waals surface area contributed by atoms with Gasteiger partial charge in [0.25, 0.3) is 0 Å². The molecule has 27 heavy (non-hydrogen) atoms. The minimum atomic E-state index is -0.842. The minimum Gasteiger partial charge on any atom is -0.368 e. The van der Waals surface area contributed by atoms with E-state index >= 15 is 0 Å². The lowest BCUT2D eigenvalue weighted by Crippen LogP contribution is -2.38. The molecule has 0 radical (unpaired) electrons. The van der Waals surface area contributed by atoms with Gasteiger partial charge in [0.2, 0.25) is 11.8 Å². The molecule has 0 heterocycles. The first kappa shape index (κ1) is 18.4. The molecule has 1 unspecified atom stereocenters. The van der Waals surface area contributed by atoms with Crippen LogP contribution >= 0.6 is 0 Å². The SMILES string of the molecule is NC(=O)C(NC(=O)CC(c1ccccc1)c1ccccc1)c1ccccc1. The Balaban J connectivity index is 1.81. The van der Waals surface area contributed by atoms with Crippen LogP contribution in [0.2, 0.25) is 0 Å². The molecule has 0 saturated carbocycles. The first-order valence-corrected chi connectivity index (χ1v) is 8.88. The topological polar surface area (TPSA) is 72.2 Å². The van der Waals surface area contributed by atoms with E-state index in [2.05, 4.69) is 5.32 Å². The number of rotatable bonds is 7. The molecular formula is C23H22N2O2. The third-order valence-electron chi connectivity index (χ3n) is 4.52. The third-order valence-corrected chi connectivity index (χ3v) is 4.52. The Kier molecular flexibility index (Phi) is 6.00. The summed E-state index contributed by atoms with van der Waals surface area (Å²) in [6, 6.07) is 28.0. The summed E-state index contributed by atoms with van der Waals surface area (Å²) in [7, 11) is 0. The van der Waals surface area contributed by atoms with E-state index < -0.39 is 11.9 Å². The molecule has 0 aliphatic carbocycles. The Morgan fingerprint density at radius 2 is 1.11 bits per heavy atom. The van der Waals surface area contributed by atoms with Crippen molar-refractivity contribution in [3.8, 4) is 0 Å². The van der Waals surface area contributed by atoms with Crippen molar-refractivity contribution < 1.29 is 9.59 Å². The van der Waals surface area contributed by atoms with E-state index in [9.17, 15) is 9.59 Å². The minimum absolute atomic E-state index is 0.100. The van der Waals surface area contributed by atoms with Crippen molar-refractivity contribution in [3.05, 3.63) is 108 Å². The molecule has 4 heteroatoms. The summed E-state index contributed by atoms with van der Waals surface area (Å²) in [5.74, 6) is -0.900. The molecule has 3 aromatic carbocycles. The number of carbonyl (C=O) groups is 2. The van der Waals surface area contributed by atoms with Gasteiger partial charge in [-0.15, -0.1) is 0 Å². The zero-order valence-corrected chi connectivity index (χ0v) is 14.9. The highest BCUT2D eigenvalue weighted by Gasteiger charge is 2.23. The van der Waals surface area contributed by atoms with Crippen LogP contribution in [0.5, 0.6) is 0 Å². The number of amides is 2. The van der Waals surface area contributed by atoms with Crippen LogP contribution in [-0.2, 0) is 9.59 Å². The fraction of sp³-hybridized carbons (Fsp3) is 0.130. The van der Waals surface area contributed by atoms with Crippen LogP contribution in [0, 0.1) is 0 Å². The Morgan fingerprint density at radius 1 is 0.704 bits per heavy atom. The molecule has 4 nitrogen and oxygen atoms in total. The van der Waals surface area contributed by atoms with Gasteiger partial charge in [0.15, 0.2) is 0 Å². The maximum absolute atomic E-state index is 12.8. The quantitative estimate of drug-likeness (QED) is 0.678. The molecule has 3 rings (SSSR count). The second-order valence-electron chi connectivity index (χ2n) is 6.39. The molecule has 3 aromatic rings. The van der Waals surface area contributed by atoms with Crippen molar-refractivity contribution in [1.82, 2.24) is 5.32 Å². The number of primary amides is 1. The van der Waals surface area contributed by atoms with Gasteiger partial charge in [-0.25, -0.2) is 0 Å². The number of nitrogens with two attached hydrogens (primary N) is 1. The summed E-state index contributed by atoms with van der Waals surface area (Å²) in [6.07, 6.45) is 0.227. The van der Waals surface area contributed by atoms with Crippen LogP contribution in [-0.4, -0.2) is 11.8 Å². The summed E-state index contributed by atoms with van der Waals surface area (Å²) in [5, 5.41) is 2.79. The molecule has 0 spiro atoms. The zero-order chi connectivity index (χ0) is 19.1. The summed E-state index contributed by atoms with van der Waals surface area (Å²) in [4.78, 5) is 24.6. The second kappa shape index (κ2) is 8.81. The largest absolute Gasteiger partial charge is 0.368 e. The second-order valence-corrected chi connectivity index (χ2v) is 6.39. The number of nitrogens with one attached hydrogen (secondary N) is 1. The van der Waals surface area contributed by atoms with Crippen molar-refractivity contribution in [2.75, 3.05) is 0 Å². The van der Waals surface area contributed by atoms with E-state index in [-0.39, 0.29) is 18.2 Å². The van der Waals surface area contributed by atoms with E-state index in [0.717, 1.165) is 11.1 Å². The molecule has 3 N–H and O–H groups in total. The van der Waals surface area contributed by atoms with Gasteiger partial charge in [-0.05, 0) is 16.7 Å². The molecule has 1 atom stereocenters. The molecule has 0 fully saturated rings. The van der Waals surface area contributed by atoms with Gasteiger partial charge in [0.05, 0.1) is 0 Å². The highest BCUT2D eigenvalue weighted by Crippen LogP contribution is 2.28. The van der Waals surface area contributed by atoms with Crippen LogP contribution in [0.4, 0.5) is 0 Å². The normalized spacial score (nSPS) is 11.7. The summed E-state index contributed by atoms with van der Waals surface area (Å²) < 4.78 is 0. The maximum Gasteiger partial charge on any atom is 0.244 e. The van der Waals surface area contributed by atoms with Gasteiger partial charge >= 0.3 is 0 Å². The fourth-order valence-electron chi connectivity index (χ4n) is 3.17. The summed E-state index contributed by atoms with van der Waals surface area (Å²) in [5.41, 5.74) is 8.29. The smallest absolute Gasteiger partial charge is 0.244 e. The Hall–Kier alpha value is -3.40. The van der Waals surface area contributed by atoms with Crippen molar-refractivity contribution >= 4 is 11.8 Å². The van der Waals surface area contributed by atoms with Gasteiger partial charge < -0.3 is 11.1 Å². The first-order chi connectivity index (χ1) is 13.1. The lowest BCUT2D eigenvalue weighted by Gasteiger charge is -2.20. The van der Waals surface area contributed by atoms with Gasteiger partial charge in [-0.3, -0.25) is 9.59 Å². The maximum atomic E-state index is 12.8. The Morgan fingerprint density at radius 3 is 1.52 bits per heavy atom. The van der Waals surface area contributed by atoms with E-state index in [4.69, 9.17) is 5.73 Å². The van der Waals surface area contributed by atoms with Crippen LogP contribution in [0.25, 0.3) is 0 Å². The standard InChI is InChI=1S/C23H22N2O2/c24-23(27)22(19-14-8-3-9-15-19)25-21(26)16-20(17-10-4-1-5-11-17)18-12-6-2-7-13-18/h1-15,20,22H,16H2,(H2,24,27)(H,25,26). The molecule has 2 amide bonds. The van der Waals surface area contributed by atoms with Gasteiger partial charge in [0.1, 0.15) is 6.04 Å². The van der Waals surface area contributed by atoms with E-state index in [1.807, 2.05) is 78.9 Å². The van der Waals surface area contributed by atoms with Crippen molar-refractivity contribution in [2.45, 2.75) is 18.4 Å². The summed E-state index contributed by atoms with van der Waals surface area (Å²) >= 11 is 0. The molecule has 136 valence electrons. The predicted octanol–water partition coefficient (Wildman–Crippen LogP) is 3.55. The molecule has 0 aliphatic heterocycles. The van der Waals surface area contributed by atoms with E-state index in [1.165, 1.54) is 0 Å². The molecule has 0 saturated heterocycles. The van der Waals surface area contributed by atoms with E-state index in [0.29, 0.717) is 5.56 Å².